The molecular weight excluding hydrogens is 244 g/mol. The lowest BCUT2D eigenvalue weighted by atomic mass is 10.1. The molecule has 18 heavy (non-hydrogen) atoms. The van der Waals surface area contributed by atoms with Gasteiger partial charge in [-0.1, -0.05) is 6.92 Å². The molecule has 1 N–H and O–H groups in total. The summed E-state index contributed by atoms with van der Waals surface area (Å²) in [5.41, 5.74) is 1.17. The standard InChI is InChI=1S/C14H26N2OS/c1-6-7-15-13(8-10(2)17-5)9-14-16-11(3)12(4)18-14/h10,13,15H,6-9H2,1-5H3. The van der Waals surface area contributed by atoms with Gasteiger partial charge in [0.2, 0.25) is 0 Å². The van der Waals surface area contributed by atoms with Crippen molar-refractivity contribution < 1.29 is 4.74 Å². The van der Waals surface area contributed by atoms with Crippen molar-refractivity contribution in [2.24, 2.45) is 0 Å². The monoisotopic (exact) mass is 270 g/mol. The third kappa shape index (κ3) is 5.04. The molecule has 4 heteroatoms. The minimum atomic E-state index is 0.293. The Kier molecular flexibility index (Phi) is 6.82. The molecule has 0 spiro atoms. The molecule has 1 heterocycles. The number of methoxy groups -OCH3 is 1. The fourth-order valence-corrected chi connectivity index (χ4v) is 2.94. The lowest BCUT2D eigenvalue weighted by Gasteiger charge is -2.20. The second kappa shape index (κ2) is 7.87. The van der Waals surface area contributed by atoms with E-state index in [-0.39, 0.29) is 0 Å². The van der Waals surface area contributed by atoms with Crippen LogP contribution in [-0.2, 0) is 11.2 Å². The summed E-state index contributed by atoms with van der Waals surface area (Å²) in [4.78, 5) is 5.96. The molecule has 0 amide bonds. The zero-order valence-electron chi connectivity index (χ0n) is 12.2. The first-order valence-corrected chi connectivity index (χ1v) is 7.57. The highest BCUT2D eigenvalue weighted by Gasteiger charge is 2.15. The van der Waals surface area contributed by atoms with Crippen molar-refractivity contribution in [2.45, 2.75) is 59.1 Å². The Morgan fingerprint density at radius 2 is 2.11 bits per heavy atom. The minimum absolute atomic E-state index is 0.293. The van der Waals surface area contributed by atoms with Crippen molar-refractivity contribution in [2.75, 3.05) is 13.7 Å². The topological polar surface area (TPSA) is 34.2 Å². The molecule has 0 aromatic carbocycles. The zero-order chi connectivity index (χ0) is 13.5. The van der Waals surface area contributed by atoms with Gasteiger partial charge in [-0.05, 0) is 40.2 Å². The summed E-state index contributed by atoms with van der Waals surface area (Å²) in [6.07, 6.45) is 3.50. The van der Waals surface area contributed by atoms with Gasteiger partial charge in [0.15, 0.2) is 0 Å². The molecule has 0 fully saturated rings. The van der Waals surface area contributed by atoms with Gasteiger partial charge in [0, 0.05) is 24.4 Å². The number of thiazole rings is 1. The highest BCUT2D eigenvalue weighted by Crippen LogP contribution is 2.19. The summed E-state index contributed by atoms with van der Waals surface area (Å²) in [5, 5.41) is 4.84. The maximum Gasteiger partial charge on any atom is 0.0946 e. The Labute approximate surface area is 115 Å². The third-order valence-corrected chi connectivity index (χ3v) is 4.29. The van der Waals surface area contributed by atoms with E-state index in [0.29, 0.717) is 12.1 Å². The van der Waals surface area contributed by atoms with Crippen molar-refractivity contribution >= 4 is 11.3 Å². The number of nitrogens with zero attached hydrogens (tertiary/aromatic N) is 1. The van der Waals surface area contributed by atoms with E-state index in [1.54, 1.807) is 7.11 Å². The molecular formula is C14H26N2OS. The van der Waals surface area contributed by atoms with Crippen LogP contribution in [0.15, 0.2) is 0 Å². The van der Waals surface area contributed by atoms with E-state index in [1.165, 1.54) is 15.6 Å². The molecule has 1 aromatic rings. The molecule has 0 aliphatic carbocycles. The van der Waals surface area contributed by atoms with Crippen molar-refractivity contribution in [1.29, 1.82) is 0 Å². The van der Waals surface area contributed by atoms with Crippen LogP contribution in [0.5, 0.6) is 0 Å². The summed E-state index contributed by atoms with van der Waals surface area (Å²) in [6, 6.07) is 0.463. The number of hydrogen-bond acceptors (Lipinski definition) is 4. The largest absolute Gasteiger partial charge is 0.382 e. The average Bonchev–Trinajstić information content (AvgIpc) is 2.65. The Bertz CT molecular complexity index is 332. The average molecular weight is 270 g/mol. The molecule has 0 aliphatic heterocycles. The summed E-state index contributed by atoms with van der Waals surface area (Å²) < 4.78 is 5.37. The van der Waals surface area contributed by atoms with Crippen LogP contribution in [0.3, 0.4) is 0 Å². The van der Waals surface area contributed by atoms with Gasteiger partial charge in [0.25, 0.3) is 0 Å². The molecule has 0 aliphatic rings. The molecule has 2 unspecified atom stereocenters. The summed E-state index contributed by atoms with van der Waals surface area (Å²) in [5.74, 6) is 0. The first kappa shape index (κ1) is 15.6. The Balaban J connectivity index is 2.59. The number of ether oxygens (including phenoxy) is 1. The van der Waals surface area contributed by atoms with Crippen molar-refractivity contribution in [3.05, 3.63) is 15.6 Å². The van der Waals surface area contributed by atoms with Crippen LogP contribution in [0.1, 0.15) is 42.3 Å². The quantitative estimate of drug-likeness (QED) is 0.788. The van der Waals surface area contributed by atoms with E-state index >= 15 is 0 Å². The lowest BCUT2D eigenvalue weighted by molar-refractivity contribution is 0.100. The van der Waals surface area contributed by atoms with Gasteiger partial charge in [0.1, 0.15) is 0 Å². The molecule has 1 aromatic heterocycles. The van der Waals surface area contributed by atoms with Gasteiger partial charge in [-0.3, -0.25) is 0 Å². The fraction of sp³-hybridized carbons (Fsp3) is 0.786. The second-order valence-electron chi connectivity index (χ2n) is 4.89. The molecule has 0 bridgehead atoms. The number of hydrogen-bond donors (Lipinski definition) is 1. The minimum Gasteiger partial charge on any atom is -0.382 e. The van der Waals surface area contributed by atoms with Gasteiger partial charge in [-0.25, -0.2) is 4.98 Å². The highest BCUT2D eigenvalue weighted by atomic mass is 32.1. The number of aromatic nitrogens is 1. The first-order chi connectivity index (χ1) is 8.56. The smallest absolute Gasteiger partial charge is 0.0946 e. The van der Waals surface area contributed by atoms with Gasteiger partial charge in [0.05, 0.1) is 16.8 Å². The predicted molar refractivity (Wildman–Crippen MR) is 78.5 cm³/mol. The summed E-state index contributed by atoms with van der Waals surface area (Å²) in [6.45, 7) is 9.61. The van der Waals surface area contributed by atoms with Gasteiger partial charge < -0.3 is 10.1 Å². The predicted octanol–water partition coefficient (Wildman–Crippen LogP) is 3.10. The first-order valence-electron chi connectivity index (χ1n) is 6.75. The SMILES string of the molecule is CCCNC(Cc1nc(C)c(C)s1)CC(C)OC. The Morgan fingerprint density at radius 3 is 2.61 bits per heavy atom. The molecule has 1 rings (SSSR count). The van der Waals surface area contributed by atoms with Crippen LogP contribution in [0, 0.1) is 13.8 Å². The van der Waals surface area contributed by atoms with Crippen LogP contribution in [0.4, 0.5) is 0 Å². The molecule has 2 atom stereocenters. The number of rotatable bonds is 8. The summed E-state index contributed by atoms with van der Waals surface area (Å²) in [7, 11) is 1.78. The maximum absolute atomic E-state index is 5.37. The van der Waals surface area contributed by atoms with Gasteiger partial charge in [-0.15, -0.1) is 11.3 Å². The van der Waals surface area contributed by atoms with Crippen molar-refractivity contribution in [1.82, 2.24) is 10.3 Å². The zero-order valence-corrected chi connectivity index (χ0v) is 13.1. The van der Waals surface area contributed by atoms with Crippen LogP contribution < -0.4 is 5.32 Å². The number of aryl methyl sites for hydroxylation is 2. The van der Waals surface area contributed by atoms with E-state index in [1.807, 2.05) is 11.3 Å². The van der Waals surface area contributed by atoms with Gasteiger partial charge in [-0.2, -0.15) is 0 Å². The van der Waals surface area contributed by atoms with Crippen LogP contribution in [-0.4, -0.2) is 30.8 Å². The fourth-order valence-electron chi connectivity index (χ4n) is 1.92. The molecule has 104 valence electrons. The van der Waals surface area contributed by atoms with E-state index in [0.717, 1.165) is 25.8 Å². The highest BCUT2D eigenvalue weighted by molar-refractivity contribution is 7.11. The molecule has 0 saturated carbocycles. The lowest BCUT2D eigenvalue weighted by Crippen LogP contribution is -2.35. The molecule has 3 nitrogen and oxygen atoms in total. The van der Waals surface area contributed by atoms with E-state index in [9.17, 15) is 0 Å². The van der Waals surface area contributed by atoms with E-state index in [2.05, 4.69) is 38.0 Å². The van der Waals surface area contributed by atoms with Crippen LogP contribution in [0.2, 0.25) is 0 Å². The number of nitrogens with one attached hydrogen (secondary N) is 1. The van der Waals surface area contributed by atoms with Crippen LogP contribution in [0.25, 0.3) is 0 Å². The molecule has 0 saturated heterocycles. The third-order valence-electron chi connectivity index (χ3n) is 3.20. The molecule has 0 radical (unpaired) electrons. The van der Waals surface area contributed by atoms with Crippen molar-refractivity contribution in [3.63, 3.8) is 0 Å². The Hall–Kier alpha value is -0.450. The second-order valence-corrected chi connectivity index (χ2v) is 6.17. The van der Waals surface area contributed by atoms with Crippen LogP contribution >= 0.6 is 11.3 Å². The van der Waals surface area contributed by atoms with Crippen molar-refractivity contribution in [3.8, 4) is 0 Å². The van der Waals surface area contributed by atoms with E-state index < -0.39 is 0 Å². The maximum atomic E-state index is 5.37. The normalized spacial score (nSPS) is 14.7. The van der Waals surface area contributed by atoms with Gasteiger partial charge >= 0.3 is 0 Å². The Morgan fingerprint density at radius 1 is 1.39 bits per heavy atom. The van der Waals surface area contributed by atoms with E-state index in [4.69, 9.17) is 4.74 Å². The summed E-state index contributed by atoms with van der Waals surface area (Å²) >= 11 is 1.82.